The summed E-state index contributed by atoms with van der Waals surface area (Å²) in [5, 5.41) is 12.2. The van der Waals surface area contributed by atoms with Crippen LogP contribution in [0.4, 0.5) is 5.13 Å². The summed E-state index contributed by atoms with van der Waals surface area (Å²) in [4.78, 5) is 28.8. The zero-order valence-electron chi connectivity index (χ0n) is 17.0. The highest BCUT2D eigenvalue weighted by atomic mass is 32.2. The molecule has 1 aliphatic rings. The van der Waals surface area contributed by atoms with Crippen LogP contribution in [0.5, 0.6) is 0 Å². The number of aromatic carboxylic acids is 1. The molecule has 0 saturated carbocycles. The molecule has 1 aliphatic heterocycles. The number of nitrogens with zero attached hydrogens (tertiary/aromatic N) is 2. The Morgan fingerprint density at radius 2 is 1.72 bits per heavy atom. The fraction of sp³-hybridized carbons (Fsp3) is 0.227. The summed E-state index contributed by atoms with van der Waals surface area (Å²) in [5.74, 6) is -1.71. The van der Waals surface area contributed by atoms with Gasteiger partial charge in [0.1, 0.15) is 4.88 Å². The summed E-state index contributed by atoms with van der Waals surface area (Å²) in [7, 11) is -3.68. The third kappa shape index (κ3) is 4.57. The van der Waals surface area contributed by atoms with E-state index in [1.807, 2.05) is 6.07 Å². The molecule has 10 heteroatoms. The number of aromatic nitrogens is 1. The van der Waals surface area contributed by atoms with Crippen LogP contribution in [-0.4, -0.2) is 47.8 Å². The number of sulfonamides is 1. The highest BCUT2D eigenvalue weighted by Gasteiger charge is 2.27. The molecule has 4 rings (SSSR count). The summed E-state index contributed by atoms with van der Waals surface area (Å²) in [6.45, 7) is 0.941. The number of amides is 1. The first-order valence-corrected chi connectivity index (χ1v) is 12.3. The van der Waals surface area contributed by atoms with Crippen molar-refractivity contribution in [3.8, 4) is 11.3 Å². The van der Waals surface area contributed by atoms with Gasteiger partial charge in [0, 0.05) is 24.2 Å². The number of piperidine rings is 1. The van der Waals surface area contributed by atoms with Crippen molar-refractivity contribution in [3.05, 3.63) is 65.0 Å². The summed E-state index contributed by atoms with van der Waals surface area (Å²) < 4.78 is 27.3. The fourth-order valence-corrected chi connectivity index (χ4v) is 5.92. The molecule has 0 bridgehead atoms. The lowest BCUT2D eigenvalue weighted by Gasteiger charge is -2.26. The van der Waals surface area contributed by atoms with E-state index in [2.05, 4.69) is 10.3 Å². The molecular formula is C22H21N3O5S2. The van der Waals surface area contributed by atoms with E-state index in [0.717, 1.165) is 30.6 Å². The van der Waals surface area contributed by atoms with Gasteiger partial charge in [0.15, 0.2) is 5.13 Å². The summed E-state index contributed by atoms with van der Waals surface area (Å²) in [6.07, 6.45) is 2.64. The quantitative estimate of drug-likeness (QED) is 0.563. The molecule has 1 fully saturated rings. The molecule has 166 valence electrons. The molecule has 8 nitrogen and oxygen atoms in total. The second-order valence-electron chi connectivity index (χ2n) is 7.31. The lowest BCUT2D eigenvalue weighted by molar-refractivity contribution is 0.0702. The maximum absolute atomic E-state index is 12.9. The van der Waals surface area contributed by atoms with Crippen LogP contribution >= 0.6 is 11.3 Å². The molecule has 0 aliphatic carbocycles. The highest BCUT2D eigenvalue weighted by Crippen LogP contribution is 2.31. The van der Waals surface area contributed by atoms with Gasteiger partial charge in [0.25, 0.3) is 5.91 Å². The van der Waals surface area contributed by atoms with E-state index < -0.39 is 21.9 Å². The Kier molecular flexibility index (Phi) is 6.35. The number of hydrogen-bond acceptors (Lipinski definition) is 6. The number of anilines is 1. The Bertz CT molecular complexity index is 1250. The lowest BCUT2D eigenvalue weighted by Crippen LogP contribution is -2.35. The molecule has 1 aromatic heterocycles. The molecule has 0 radical (unpaired) electrons. The second-order valence-corrected chi connectivity index (χ2v) is 10.3. The van der Waals surface area contributed by atoms with Crippen LogP contribution in [0.1, 0.15) is 39.3 Å². The second kappa shape index (κ2) is 9.19. The Balaban J connectivity index is 1.59. The Hall–Kier alpha value is -3.08. The van der Waals surface area contributed by atoms with Gasteiger partial charge in [-0.3, -0.25) is 10.1 Å². The minimum atomic E-state index is -3.68. The zero-order valence-corrected chi connectivity index (χ0v) is 18.7. The number of carboxylic acids is 1. The van der Waals surface area contributed by atoms with Gasteiger partial charge in [-0.2, -0.15) is 4.31 Å². The number of carboxylic acid groups (broad SMARTS) is 1. The smallest absolute Gasteiger partial charge is 0.348 e. The van der Waals surface area contributed by atoms with E-state index in [1.54, 1.807) is 24.3 Å². The highest BCUT2D eigenvalue weighted by molar-refractivity contribution is 7.89. The predicted molar refractivity (Wildman–Crippen MR) is 122 cm³/mol. The summed E-state index contributed by atoms with van der Waals surface area (Å²) >= 11 is 0.849. The molecule has 0 spiro atoms. The number of rotatable bonds is 6. The minimum Gasteiger partial charge on any atom is -0.477 e. The van der Waals surface area contributed by atoms with Gasteiger partial charge in [-0.1, -0.05) is 54.2 Å². The number of hydrogen-bond donors (Lipinski definition) is 2. The van der Waals surface area contributed by atoms with Crippen molar-refractivity contribution in [3.63, 3.8) is 0 Å². The molecule has 0 atom stereocenters. The van der Waals surface area contributed by atoms with Crippen molar-refractivity contribution in [1.29, 1.82) is 0 Å². The van der Waals surface area contributed by atoms with Gasteiger partial charge in [-0.25, -0.2) is 18.2 Å². The SMILES string of the molecule is O=C(Nc1nc(-c2ccccc2)c(C(=O)O)s1)c1cccc(S(=O)(=O)N2CCCCC2)c1. The van der Waals surface area contributed by atoms with Gasteiger partial charge in [-0.05, 0) is 31.0 Å². The van der Waals surface area contributed by atoms with Crippen molar-refractivity contribution in [2.45, 2.75) is 24.2 Å². The monoisotopic (exact) mass is 471 g/mol. The first-order valence-electron chi connectivity index (χ1n) is 10.1. The number of carbonyl (C=O) groups excluding carboxylic acids is 1. The lowest BCUT2D eigenvalue weighted by atomic mass is 10.1. The molecule has 3 aromatic rings. The van der Waals surface area contributed by atoms with Crippen LogP contribution in [0.15, 0.2) is 59.5 Å². The average molecular weight is 472 g/mol. The first kappa shape index (κ1) is 22.1. The standard InChI is InChI=1S/C22H21N3O5S2/c26-20(16-10-7-11-17(14-16)32(29,30)25-12-5-2-6-13-25)24-22-23-18(19(31-22)21(27)28)15-8-3-1-4-9-15/h1,3-4,7-11,14H,2,5-6,12-13H2,(H,27,28)(H,23,24,26). The summed E-state index contributed by atoms with van der Waals surface area (Å²) in [6, 6.07) is 14.7. The molecule has 32 heavy (non-hydrogen) atoms. The van der Waals surface area contributed by atoms with Gasteiger partial charge in [-0.15, -0.1) is 0 Å². The van der Waals surface area contributed by atoms with Crippen molar-refractivity contribution < 1.29 is 23.1 Å². The summed E-state index contributed by atoms with van der Waals surface area (Å²) in [5.41, 5.74) is 1.03. The Labute approximate surface area is 189 Å². The number of nitrogens with one attached hydrogen (secondary N) is 1. The molecule has 1 amide bonds. The van der Waals surface area contributed by atoms with Crippen molar-refractivity contribution in [2.75, 3.05) is 18.4 Å². The third-order valence-electron chi connectivity index (χ3n) is 5.14. The Morgan fingerprint density at radius 3 is 2.41 bits per heavy atom. The molecule has 2 aromatic carbocycles. The number of benzene rings is 2. The predicted octanol–water partition coefficient (Wildman–Crippen LogP) is 3.94. The van der Waals surface area contributed by atoms with Crippen LogP contribution in [0.25, 0.3) is 11.3 Å². The van der Waals surface area contributed by atoms with Gasteiger partial charge in [0.05, 0.1) is 10.6 Å². The van der Waals surface area contributed by atoms with Crippen LogP contribution in [0.3, 0.4) is 0 Å². The van der Waals surface area contributed by atoms with E-state index in [0.29, 0.717) is 18.7 Å². The van der Waals surface area contributed by atoms with Crippen LogP contribution in [-0.2, 0) is 10.0 Å². The van der Waals surface area contributed by atoms with E-state index in [1.165, 1.54) is 28.6 Å². The average Bonchev–Trinajstić information content (AvgIpc) is 3.24. The van der Waals surface area contributed by atoms with Gasteiger partial charge in [0.2, 0.25) is 10.0 Å². The molecule has 2 heterocycles. The topological polar surface area (TPSA) is 117 Å². The van der Waals surface area contributed by atoms with Crippen molar-refractivity contribution >= 4 is 38.4 Å². The Morgan fingerprint density at radius 1 is 1.00 bits per heavy atom. The zero-order chi connectivity index (χ0) is 22.7. The van der Waals surface area contributed by atoms with E-state index in [9.17, 15) is 23.1 Å². The molecule has 0 unspecified atom stereocenters. The molecule has 2 N–H and O–H groups in total. The first-order chi connectivity index (χ1) is 15.4. The van der Waals surface area contributed by atoms with Gasteiger partial charge >= 0.3 is 5.97 Å². The number of thiazole rings is 1. The van der Waals surface area contributed by atoms with E-state index in [4.69, 9.17) is 0 Å². The maximum Gasteiger partial charge on any atom is 0.348 e. The maximum atomic E-state index is 12.9. The van der Waals surface area contributed by atoms with Crippen LogP contribution < -0.4 is 5.32 Å². The fourth-order valence-electron chi connectivity index (χ4n) is 3.53. The van der Waals surface area contributed by atoms with Crippen molar-refractivity contribution in [2.24, 2.45) is 0 Å². The van der Waals surface area contributed by atoms with E-state index >= 15 is 0 Å². The van der Waals surface area contributed by atoms with Gasteiger partial charge < -0.3 is 5.11 Å². The normalized spacial score (nSPS) is 14.8. The number of carbonyl (C=O) groups is 2. The minimum absolute atomic E-state index is 0.00734. The van der Waals surface area contributed by atoms with Crippen LogP contribution in [0, 0.1) is 0 Å². The third-order valence-corrected chi connectivity index (χ3v) is 7.99. The molecular weight excluding hydrogens is 450 g/mol. The molecule has 1 saturated heterocycles. The van der Waals surface area contributed by atoms with E-state index in [-0.39, 0.29) is 26.2 Å². The van der Waals surface area contributed by atoms with Crippen LogP contribution in [0.2, 0.25) is 0 Å². The largest absolute Gasteiger partial charge is 0.477 e. The van der Waals surface area contributed by atoms with Crippen molar-refractivity contribution in [1.82, 2.24) is 9.29 Å².